The lowest BCUT2D eigenvalue weighted by molar-refractivity contribution is 0.454. The number of aryl methyl sites for hydroxylation is 2. The van der Waals surface area contributed by atoms with Gasteiger partial charge < -0.3 is 14.6 Å². The first kappa shape index (κ1) is 23.9. The number of hydrogen-bond acceptors (Lipinski definition) is 4. The molecule has 0 unspecified atom stereocenters. The van der Waals surface area contributed by atoms with E-state index in [1.54, 1.807) is 13.2 Å². The molecule has 0 fully saturated rings. The molecule has 30 heavy (non-hydrogen) atoms. The second-order valence-electron chi connectivity index (χ2n) is 7.61. The number of halogens is 1. The van der Waals surface area contributed by atoms with Crippen LogP contribution in [0.1, 0.15) is 42.5 Å². The highest BCUT2D eigenvalue weighted by Gasteiger charge is 2.15. The van der Waals surface area contributed by atoms with Gasteiger partial charge in [-0.1, -0.05) is 43.7 Å². The highest BCUT2D eigenvalue weighted by Crippen LogP contribution is 2.21. The van der Waals surface area contributed by atoms with Crippen LogP contribution >= 0.6 is 24.0 Å². The molecule has 3 aromatic rings. The van der Waals surface area contributed by atoms with E-state index in [9.17, 15) is 0 Å². The van der Waals surface area contributed by atoms with Crippen molar-refractivity contribution in [2.24, 2.45) is 12.0 Å². The average Bonchev–Trinajstić information content (AvgIpc) is 3.29. The van der Waals surface area contributed by atoms with E-state index in [2.05, 4.69) is 64.4 Å². The highest BCUT2D eigenvalue weighted by atomic mass is 127. The van der Waals surface area contributed by atoms with Crippen LogP contribution in [0.4, 0.5) is 0 Å². The van der Waals surface area contributed by atoms with Crippen LogP contribution in [0.25, 0.3) is 11.3 Å². The predicted molar refractivity (Wildman–Crippen MR) is 131 cm³/mol. The molecule has 8 heteroatoms. The highest BCUT2D eigenvalue weighted by molar-refractivity contribution is 14.0. The number of guanidine groups is 1. The molecule has 0 aliphatic carbocycles. The number of aliphatic imine (C=N–C) groups is 1. The largest absolute Gasteiger partial charge is 0.439 e. The number of oxazole rings is 1. The van der Waals surface area contributed by atoms with E-state index in [0.29, 0.717) is 18.4 Å². The second-order valence-corrected chi connectivity index (χ2v) is 7.61. The molecule has 0 amide bonds. The van der Waals surface area contributed by atoms with Gasteiger partial charge in [0.15, 0.2) is 11.7 Å². The van der Waals surface area contributed by atoms with Crippen LogP contribution in [0, 0.1) is 6.92 Å². The number of benzene rings is 1. The maximum absolute atomic E-state index is 5.90. The van der Waals surface area contributed by atoms with Crippen LogP contribution in [0.3, 0.4) is 0 Å². The third-order valence-electron chi connectivity index (χ3n) is 4.75. The Morgan fingerprint density at radius 3 is 2.60 bits per heavy atom. The van der Waals surface area contributed by atoms with E-state index >= 15 is 0 Å². The van der Waals surface area contributed by atoms with Gasteiger partial charge in [0.25, 0.3) is 0 Å². The molecule has 7 nitrogen and oxygen atoms in total. The molecule has 0 atom stereocenters. The summed E-state index contributed by atoms with van der Waals surface area (Å²) in [5.74, 6) is 2.54. The standard InChI is InChI=1S/C22H30N6O.HI/c1-15(2)21-18(14-28(6)26-21)13-27(5)22(23-4)25-12-20-24-11-19(29-20)17-9-7-16(3)8-10-17;/h7-11,14-15H,12-13H2,1-6H3,(H,23,25);1H. The third-order valence-corrected chi connectivity index (χ3v) is 4.75. The van der Waals surface area contributed by atoms with Crippen molar-refractivity contribution in [1.29, 1.82) is 0 Å². The third kappa shape index (κ3) is 5.84. The Kier molecular flexibility index (Phi) is 8.45. The van der Waals surface area contributed by atoms with Crippen LogP contribution in [0.15, 0.2) is 46.1 Å². The van der Waals surface area contributed by atoms with Crippen LogP contribution in [0.5, 0.6) is 0 Å². The van der Waals surface area contributed by atoms with E-state index < -0.39 is 0 Å². The van der Waals surface area contributed by atoms with Gasteiger partial charge in [0.2, 0.25) is 5.89 Å². The minimum atomic E-state index is 0. The summed E-state index contributed by atoms with van der Waals surface area (Å²) < 4.78 is 7.77. The number of nitrogens with one attached hydrogen (secondary N) is 1. The van der Waals surface area contributed by atoms with E-state index in [1.165, 1.54) is 11.1 Å². The quantitative estimate of drug-likeness (QED) is 0.297. The Morgan fingerprint density at radius 1 is 1.27 bits per heavy atom. The fourth-order valence-electron chi connectivity index (χ4n) is 3.28. The van der Waals surface area contributed by atoms with E-state index in [-0.39, 0.29) is 24.0 Å². The average molecular weight is 522 g/mol. The Morgan fingerprint density at radius 2 is 1.97 bits per heavy atom. The van der Waals surface area contributed by atoms with Gasteiger partial charge >= 0.3 is 0 Å². The molecule has 0 spiro atoms. The molecule has 1 aromatic carbocycles. The lowest BCUT2D eigenvalue weighted by Crippen LogP contribution is -2.38. The molecular formula is C22H31IN6O. The maximum atomic E-state index is 5.90. The molecule has 162 valence electrons. The fourth-order valence-corrected chi connectivity index (χ4v) is 3.28. The number of aromatic nitrogens is 3. The predicted octanol–water partition coefficient (Wildman–Crippen LogP) is 4.33. The van der Waals surface area contributed by atoms with E-state index in [1.807, 2.05) is 30.9 Å². The molecule has 0 radical (unpaired) electrons. The molecule has 0 saturated carbocycles. The summed E-state index contributed by atoms with van der Waals surface area (Å²) in [6.45, 7) is 7.58. The fraction of sp³-hybridized carbons (Fsp3) is 0.409. The minimum absolute atomic E-state index is 0. The van der Waals surface area contributed by atoms with Gasteiger partial charge in [-0.05, 0) is 12.8 Å². The van der Waals surface area contributed by atoms with Crippen molar-refractivity contribution in [1.82, 2.24) is 25.0 Å². The Balaban J connectivity index is 0.00000320. The van der Waals surface area contributed by atoms with Gasteiger partial charge in [-0.2, -0.15) is 5.10 Å². The molecule has 2 aromatic heterocycles. The number of nitrogens with zero attached hydrogens (tertiary/aromatic N) is 5. The van der Waals surface area contributed by atoms with Gasteiger partial charge in [-0.3, -0.25) is 9.67 Å². The summed E-state index contributed by atoms with van der Waals surface area (Å²) in [6, 6.07) is 8.22. The van der Waals surface area contributed by atoms with Crippen molar-refractivity contribution in [3.05, 3.63) is 59.4 Å². The summed E-state index contributed by atoms with van der Waals surface area (Å²) >= 11 is 0. The zero-order valence-electron chi connectivity index (χ0n) is 18.5. The topological polar surface area (TPSA) is 71.5 Å². The van der Waals surface area contributed by atoms with E-state index in [0.717, 1.165) is 29.5 Å². The smallest absolute Gasteiger partial charge is 0.214 e. The van der Waals surface area contributed by atoms with Gasteiger partial charge in [0.1, 0.15) is 0 Å². The Bertz CT molecular complexity index is 974. The van der Waals surface area contributed by atoms with Gasteiger partial charge in [-0.25, -0.2) is 4.98 Å². The van der Waals surface area contributed by atoms with Crippen LogP contribution in [-0.4, -0.2) is 39.7 Å². The second kappa shape index (κ2) is 10.6. The Hall–Kier alpha value is -2.36. The molecular weight excluding hydrogens is 491 g/mol. The first-order valence-corrected chi connectivity index (χ1v) is 9.83. The normalized spacial score (nSPS) is 11.5. The first-order chi connectivity index (χ1) is 13.9. The van der Waals surface area contributed by atoms with Crippen molar-refractivity contribution >= 4 is 29.9 Å². The van der Waals surface area contributed by atoms with Crippen molar-refractivity contribution in [2.75, 3.05) is 14.1 Å². The number of rotatable bonds is 6. The van der Waals surface area contributed by atoms with Gasteiger partial charge in [-0.15, -0.1) is 24.0 Å². The monoisotopic (exact) mass is 522 g/mol. The first-order valence-electron chi connectivity index (χ1n) is 9.83. The summed E-state index contributed by atoms with van der Waals surface area (Å²) in [6.07, 6.45) is 3.83. The molecule has 0 aliphatic rings. The Labute approximate surface area is 195 Å². The van der Waals surface area contributed by atoms with Crippen molar-refractivity contribution in [2.45, 2.75) is 39.8 Å². The van der Waals surface area contributed by atoms with Gasteiger partial charge in [0.05, 0.1) is 18.4 Å². The SMILES string of the molecule is CN=C(NCc1ncc(-c2ccc(C)cc2)o1)N(C)Cc1cn(C)nc1C(C)C.I. The molecule has 1 N–H and O–H groups in total. The van der Waals surface area contributed by atoms with Gasteiger partial charge in [0, 0.05) is 45.0 Å². The van der Waals surface area contributed by atoms with Crippen molar-refractivity contribution < 1.29 is 4.42 Å². The van der Waals surface area contributed by atoms with Crippen LogP contribution < -0.4 is 5.32 Å². The lowest BCUT2D eigenvalue weighted by atomic mass is 10.1. The van der Waals surface area contributed by atoms with Crippen molar-refractivity contribution in [3.63, 3.8) is 0 Å². The maximum Gasteiger partial charge on any atom is 0.214 e. The summed E-state index contributed by atoms with van der Waals surface area (Å²) in [4.78, 5) is 10.9. The molecule has 3 rings (SSSR count). The zero-order valence-corrected chi connectivity index (χ0v) is 20.8. The zero-order chi connectivity index (χ0) is 21.0. The summed E-state index contributed by atoms with van der Waals surface area (Å²) in [7, 11) is 5.75. The molecule has 0 saturated heterocycles. The van der Waals surface area contributed by atoms with E-state index in [4.69, 9.17) is 4.42 Å². The molecule has 0 aliphatic heterocycles. The summed E-state index contributed by atoms with van der Waals surface area (Å²) in [5, 5.41) is 7.91. The molecule has 0 bridgehead atoms. The molecule has 2 heterocycles. The van der Waals surface area contributed by atoms with Crippen LogP contribution in [0.2, 0.25) is 0 Å². The number of hydrogen-bond donors (Lipinski definition) is 1. The minimum Gasteiger partial charge on any atom is -0.439 e. The van der Waals surface area contributed by atoms with Crippen molar-refractivity contribution in [3.8, 4) is 11.3 Å². The summed E-state index contributed by atoms with van der Waals surface area (Å²) in [5.41, 5.74) is 4.56. The van der Waals surface area contributed by atoms with Crippen LogP contribution in [-0.2, 0) is 20.1 Å². The lowest BCUT2D eigenvalue weighted by Gasteiger charge is -2.21.